The van der Waals surface area contributed by atoms with Crippen LogP contribution in [0.4, 0.5) is 0 Å². The van der Waals surface area contributed by atoms with Gasteiger partial charge in [-0.05, 0) is 11.5 Å². The molecule has 0 aliphatic heterocycles. The Morgan fingerprint density at radius 2 is 2.00 bits per heavy atom. The Morgan fingerprint density at radius 3 is 2.89 bits per heavy atom. The van der Waals surface area contributed by atoms with Crippen LogP contribution in [0.1, 0.15) is 0 Å². The maximum atomic E-state index is 5.30. The van der Waals surface area contributed by atoms with E-state index in [1.54, 1.807) is 6.33 Å². The predicted octanol–water partition coefficient (Wildman–Crippen LogP) is 3.15. The Kier molecular flexibility index (Phi) is 3.21. The minimum Gasteiger partial charge on any atom is -0.276 e. The number of thioether (sulfide) groups is 1. The van der Waals surface area contributed by atoms with E-state index in [-0.39, 0.29) is 0 Å². The first kappa shape index (κ1) is 11.8. The molecule has 3 nitrogen and oxygen atoms in total. The molecule has 0 unspecified atom stereocenters. The molecule has 0 N–H and O–H groups in total. The second-order valence-electron chi connectivity index (χ2n) is 3.97. The van der Waals surface area contributed by atoms with E-state index in [1.807, 2.05) is 22.8 Å². The maximum Gasteiger partial charge on any atom is 0.196 e. The zero-order chi connectivity index (χ0) is 13.1. The van der Waals surface area contributed by atoms with E-state index in [0.717, 1.165) is 10.8 Å². The molecule has 0 saturated carbocycles. The smallest absolute Gasteiger partial charge is 0.196 e. The minimum atomic E-state index is 0.587. The summed E-state index contributed by atoms with van der Waals surface area (Å²) >= 11 is 1.51. The Balaban J connectivity index is 2.15. The fourth-order valence-electron chi connectivity index (χ4n) is 2.01. The van der Waals surface area contributed by atoms with E-state index >= 15 is 0 Å². The van der Waals surface area contributed by atoms with Crippen LogP contribution < -0.4 is 0 Å². The quantitative estimate of drug-likeness (QED) is 0.538. The first-order valence-corrected chi connectivity index (χ1v) is 6.83. The summed E-state index contributed by atoms with van der Waals surface area (Å²) in [5.41, 5.74) is 1.07. The molecule has 3 aromatic rings. The van der Waals surface area contributed by atoms with Crippen LogP contribution in [0.15, 0.2) is 53.9 Å². The SMILES string of the molecule is C#CCSc1nncn1-c1cccc2ccccc12. The van der Waals surface area contributed by atoms with Gasteiger partial charge in [-0.2, -0.15) is 0 Å². The van der Waals surface area contributed by atoms with Crippen molar-refractivity contribution in [1.29, 1.82) is 0 Å². The third kappa shape index (κ3) is 2.20. The van der Waals surface area contributed by atoms with Crippen LogP contribution in [0.5, 0.6) is 0 Å². The Bertz CT molecular complexity index is 750. The third-order valence-corrected chi connectivity index (χ3v) is 3.67. The van der Waals surface area contributed by atoms with E-state index in [1.165, 1.54) is 22.5 Å². The first-order valence-electron chi connectivity index (χ1n) is 5.84. The predicted molar refractivity (Wildman–Crippen MR) is 78.4 cm³/mol. The molecule has 4 heteroatoms. The standard InChI is InChI=1S/C15H11N3S/c1-2-10-19-15-17-16-11-18(15)14-9-5-7-12-6-3-4-8-13(12)14/h1,3-9,11H,10H2. The van der Waals surface area contributed by atoms with Gasteiger partial charge in [0.25, 0.3) is 0 Å². The van der Waals surface area contributed by atoms with Crippen molar-refractivity contribution in [3.05, 3.63) is 48.8 Å². The van der Waals surface area contributed by atoms with Crippen molar-refractivity contribution in [1.82, 2.24) is 14.8 Å². The molecule has 92 valence electrons. The van der Waals surface area contributed by atoms with Crippen LogP contribution >= 0.6 is 11.8 Å². The molecule has 0 saturated heterocycles. The molecule has 0 aliphatic carbocycles. The van der Waals surface area contributed by atoms with Gasteiger partial charge in [-0.3, -0.25) is 4.57 Å². The van der Waals surface area contributed by atoms with Gasteiger partial charge in [-0.25, -0.2) is 0 Å². The molecule has 0 aliphatic rings. The summed E-state index contributed by atoms with van der Waals surface area (Å²) in [6, 6.07) is 14.4. The molecular weight excluding hydrogens is 254 g/mol. The monoisotopic (exact) mass is 265 g/mol. The molecule has 0 amide bonds. The molecule has 0 fully saturated rings. The van der Waals surface area contributed by atoms with Gasteiger partial charge in [0.1, 0.15) is 6.33 Å². The van der Waals surface area contributed by atoms with Crippen molar-refractivity contribution in [2.24, 2.45) is 0 Å². The largest absolute Gasteiger partial charge is 0.276 e. The summed E-state index contributed by atoms with van der Waals surface area (Å²) < 4.78 is 1.98. The van der Waals surface area contributed by atoms with Crippen molar-refractivity contribution >= 4 is 22.5 Å². The summed E-state index contributed by atoms with van der Waals surface area (Å²) in [7, 11) is 0. The molecule has 0 spiro atoms. The zero-order valence-electron chi connectivity index (χ0n) is 10.2. The van der Waals surface area contributed by atoms with Crippen LogP contribution in [0, 0.1) is 12.3 Å². The van der Waals surface area contributed by atoms with Gasteiger partial charge in [0.15, 0.2) is 5.16 Å². The van der Waals surface area contributed by atoms with Crippen LogP contribution in [-0.4, -0.2) is 20.5 Å². The Morgan fingerprint density at radius 1 is 1.16 bits per heavy atom. The van der Waals surface area contributed by atoms with Crippen LogP contribution in [0.2, 0.25) is 0 Å². The van der Waals surface area contributed by atoms with Gasteiger partial charge in [0, 0.05) is 5.39 Å². The second kappa shape index (κ2) is 5.17. The summed E-state index contributed by atoms with van der Waals surface area (Å²) in [5, 5.41) is 11.3. The molecule has 2 aromatic carbocycles. The molecule has 0 atom stereocenters. The van der Waals surface area contributed by atoms with Crippen LogP contribution in [0.3, 0.4) is 0 Å². The van der Waals surface area contributed by atoms with E-state index in [9.17, 15) is 0 Å². The van der Waals surface area contributed by atoms with Gasteiger partial charge >= 0.3 is 0 Å². The number of nitrogens with zero attached hydrogens (tertiary/aromatic N) is 3. The number of hydrogen-bond acceptors (Lipinski definition) is 3. The fraction of sp³-hybridized carbons (Fsp3) is 0.0667. The van der Waals surface area contributed by atoms with Crippen molar-refractivity contribution in [3.63, 3.8) is 0 Å². The van der Waals surface area contributed by atoms with Gasteiger partial charge < -0.3 is 0 Å². The Labute approximate surface area is 115 Å². The average molecular weight is 265 g/mol. The molecule has 19 heavy (non-hydrogen) atoms. The summed E-state index contributed by atoms with van der Waals surface area (Å²) in [6.07, 6.45) is 7.02. The lowest BCUT2D eigenvalue weighted by molar-refractivity contribution is 0.891. The molecule has 3 rings (SSSR count). The van der Waals surface area contributed by atoms with E-state index in [4.69, 9.17) is 6.42 Å². The van der Waals surface area contributed by atoms with Gasteiger partial charge in [0.05, 0.1) is 11.4 Å². The number of rotatable bonds is 3. The summed E-state index contributed by atoms with van der Waals surface area (Å²) in [4.78, 5) is 0. The first-order chi connectivity index (χ1) is 9.40. The highest BCUT2D eigenvalue weighted by molar-refractivity contribution is 7.99. The second-order valence-corrected chi connectivity index (χ2v) is 4.92. The van der Waals surface area contributed by atoms with E-state index < -0.39 is 0 Å². The Hall–Kier alpha value is -2.25. The average Bonchev–Trinajstić information content (AvgIpc) is 2.92. The minimum absolute atomic E-state index is 0.587. The van der Waals surface area contributed by atoms with Crippen molar-refractivity contribution in [2.75, 3.05) is 5.75 Å². The van der Waals surface area contributed by atoms with Gasteiger partial charge in [0.2, 0.25) is 0 Å². The number of hydrogen-bond donors (Lipinski definition) is 0. The number of benzene rings is 2. The van der Waals surface area contributed by atoms with Crippen LogP contribution in [-0.2, 0) is 0 Å². The van der Waals surface area contributed by atoms with E-state index in [2.05, 4.69) is 40.4 Å². The highest BCUT2D eigenvalue weighted by Crippen LogP contribution is 2.25. The summed E-state index contributed by atoms with van der Waals surface area (Å²) in [5.74, 6) is 3.19. The molecule has 1 heterocycles. The molecule has 0 bridgehead atoms. The van der Waals surface area contributed by atoms with Crippen molar-refractivity contribution in [3.8, 4) is 18.0 Å². The summed E-state index contributed by atoms with van der Waals surface area (Å²) in [6.45, 7) is 0. The lowest BCUT2D eigenvalue weighted by Gasteiger charge is -2.08. The molecule has 0 radical (unpaired) electrons. The van der Waals surface area contributed by atoms with Crippen molar-refractivity contribution < 1.29 is 0 Å². The third-order valence-electron chi connectivity index (χ3n) is 2.83. The molecule has 1 aromatic heterocycles. The fourth-order valence-corrected chi connectivity index (χ4v) is 2.61. The van der Waals surface area contributed by atoms with Gasteiger partial charge in [-0.15, -0.1) is 16.6 Å². The number of aromatic nitrogens is 3. The maximum absolute atomic E-state index is 5.30. The number of terminal acetylenes is 1. The normalized spacial score (nSPS) is 10.5. The molecular formula is C15H11N3S. The zero-order valence-corrected chi connectivity index (χ0v) is 11.0. The van der Waals surface area contributed by atoms with E-state index in [0.29, 0.717) is 5.75 Å². The van der Waals surface area contributed by atoms with Crippen molar-refractivity contribution in [2.45, 2.75) is 5.16 Å². The van der Waals surface area contributed by atoms with Gasteiger partial charge in [-0.1, -0.05) is 54.1 Å². The van der Waals surface area contributed by atoms with Crippen LogP contribution in [0.25, 0.3) is 16.5 Å². The lowest BCUT2D eigenvalue weighted by Crippen LogP contribution is -1.96. The number of fused-ring (bicyclic) bond motifs is 1. The highest BCUT2D eigenvalue weighted by Gasteiger charge is 2.09. The highest BCUT2D eigenvalue weighted by atomic mass is 32.2. The topological polar surface area (TPSA) is 30.7 Å². The lowest BCUT2D eigenvalue weighted by atomic mass is 10.1.